The van der Waals surface area contributed by atoms with Crippen molar-refractivity contribution < 1.29 is 14.6 Å². The summed E-state index contributed by atoms with van der Waals surface area (Å²) >= 11 is 0. The van der Waals surface area contributed by atoms with Gasteiger partial charge >= 0.3 is 0 Å². The van der Waals surface area contributed by atoms with Gasteiger partial charge in [-0.05, 0) is 42.9 Å². The van der Waals surface area contributed by atoms with Crippen LogP contribution in [0.25, 0.3) is 0 Å². The molecule has 3 heteroatoms. The molecule has 110 valence electrons. The third kappa shape index (κ3) is 2.57. The third-order valence-corrected chi connectivity index (χ3v) is 4.92. The molecule has 1 heterocycles. The second-order valence-corrected chi connectivity index (χ2v) is 6.07. The first kappa shape index (κ1) is 13.9. The lowest BCUT2D eigenvalue weighted by molar-refractivity contribution is -0.100. The lowest BCUT2D eigenvalue weighted by Gasteiger charge is -2.33. The maximum absolute atomic E-state index is 10.5. The molecular formula is C17H24O3. The van der Waals surface area contributed by atoms with E-state index in [1.54, 1.807) is 7.11 Å². The molecular weight excluding hydrogens is 252 g/mol. The highest BCUT2D eigenvalue weighted by atomic mass is 16.5. The number of rotatable bonds is 5. The largest absolute Gasteiger partial charge is 0.493 e. The second kappa shape index (κ2) is 5.74. The first-order valence-electron chi connectivity index (χ1n) is 7.71. The number of aliphatic hydroxyl groups is 1. The molecule has 0 amide bonds. The van der Waals surface area contributed by atoms with Gasteiger partial charge in [-0.2, -0.15) is 0 Å². The van der Waals surface area contributed by atoms with E-state index in [0.29, 0.717) is 0 Å². The van der Waals surface area contributed by atoms with Crippen LogP contribution in [0.2, 0.25) is 0 Å². The quantitative estimate of drug-likeness (QED) is 0.898. The Morgan fingerprint density at radius 2 is 2.15 bits per heavy atom. The third-order valence-electron chi connectivity index (χ3n) is 4.92. The topological polar surface area (TPSA) is 38.7 Å². The number of aliphatic hydroxyl groups excluding tert-OH is 1. The highest BCUT2D eigenvalue weighted by Crippen LogP contribution is 2.37. The molecule has 0 bridgehead atoms. The highest BCUT2D eigenvalue weighted by molar-refractivity contribution is 5.39. The molecule has 1 N–H and O–H groups in total. The zero-order valence-corrected chi connectivity index (χ0v) is 12.2. The summed E-state index contributed by atoms with van der Waals surface area (Å²) in [7, 11) is 1.74. The van der Waals surface area contributed by atoms with Gasteiger partial charge in [0.2, 0.25) is 0 Å². The van der Waals surface area contributed by atoms with Crippen LogP contribution in [-0.2, 0) is 17.6 Å². The predicted molar refractivity (Wildman–Crippen MR) is 78.2 cm³/mol. The van der Waals surface area contributed by atoms with Gasteiger partial charge in [0.05, 0.1) is 18.3 Å². The summed E-state index contributed by atoms with van der Waals surface area (Å²) in [6.45, 7) is 0.800. The Morgan fingerprint density at radius 3 is 2.90 bits per heavy atom. The minimum absolute atomic E-state index is 0.292. The minimum Gasteiger partial charge on any atom is -0.493 e. The van der Waals surface area contributed by atoms with E-state index in [-0.39, 0.29) is 11.7 Å². The van der Waals surface area contributed by atoms with E-state index in [2.05, 4.69) is 18.2 Å². The normalized spacial score (nSPS) is 21.5. The molecule has 1 atom stereocenters. The predicted octanol–water partition coefficient (Wildman–Crippen LogP) is 2.87. The lowest BCUT2D eigenvalue weighted by Crippen LogP contribution is -2.41. The van der Waals surface area contributed by atoms with Crippen LogP contribution in [0, 0.1) is 0 Å². The van der Waals surface area contributed by atoms with E-state index >= 15 is 0 Å². The van der Waals surface area contributed by atoms with E-state index in [4.69, 9.17) is 9.47 Å². The van der Waals surface area contributed by atoms with E-state index in [0.717, 1.165) is 44.5 Å². The van der Waals surface area contributed by atoms with E-state index in [1.807, 2.05) is 0 Å². The van der Waals surface area contributed by atoms with Crippen LogP contribution in [0.1, 0.15) is 43.2 Å². The van der Waals surface area contributed by atoms with Gasteiger partial charge < -0.3 is 14.6 Å². The molecule has 0 radical (unpaired) electrons. The van der Waals surface area contributed by atoms with Gasteiger partial charge in [-0.25, -0.2) is 0 Å². The van der Waals surface area contributed by atoms with Crippen molar-refractivity contribution in [3.8, 4) is 5.75 Å². The van der Waals surface area contributed by atoms with Crippen LogP contribution in [0.3, 0.4) is 0 Å². The van der Waals surface area contributed by atoms with Gasteiger partial charge in [-0.15, -0.1) is 0 Å². The second-order valence-electron chi connectivity index (χ2n) is 6.07. The molecule has 1 aliphatic heterocycles. The molecule has 0 saturated heterocycles. The Kier molecular flexibility index (Phi) is 3.99. The molecule has 0 spiro atoms. The molecule has 0 aromatic heterocycles. The summed E-state index contributed by atoms with van der Waals surface area (Å²) in [6, 6.07) is 6.40. The average molecular weight is 276 g/mol. The number of ether oxygens (including phenoxy) is 2. The maximum atomic E-state index is 10.5. The molecule has 1 fully saturated rings. The first-order valence-corrected chi connectivity index (χ1v) is 7.71. The van der Waals surface area contributed by atoms with E-state index in [1.165, 1.54) is 24.0 Å². The Morgan fingerprint density at radius 1 is 1.35 bits per heavy atom. The minimum atomic E-state index is -0.362. The fourth-order valence-corrected chi connectivity index (χ4v) is 3.61. The number of methoxy groups -OCH3 is 1. The Hall–Kier alpha value is -1.06. The molecule has 20 heavy (non-hydrogen) atoms. The number of benzene rings is 1. The van der Waals surface area contributed by atoms with Crippen molar-refractivity contribution in [1.29, 1.82) is 0 Å². The van der Waals surface area contributed by atoms with Crippen LogP contribution < -0.4 is 4.74 Å². The summed E-state index contributed by atoms with van der Waals surface area (Å²) in [4.78, 5) is 0. The summed E-state index contributed by atoms with van der Waals surface area (Å²) in [6.07, 6.45) is 6.63. The number of aryl methyl sites for hydroxylation is 1. The summed E-state index contributed by atoms with van der Waals surface area (Å²) in [5.41, 5.74) is 2.30. The van der Waals surface area contributed by atoms with Crippen LogP contribution in [0.4, 0.5) is 0 Å². The number of hydrogen-bond donors (Lipinski definition) is 1. The van der Waals surface area contributed by atoms with Gasteiger partial charge in [-0.1, -0.05) is 25.0 Å². The van der Waals surface area contributed by atoms with Crippen LogP contribution in [-0.4, -0.2) is 30.5 Å². The van der Waals surface area contributed by atoms with Gasteiger partial charge in [0.1, 0.15) is 5.75 Å². The van der Waals surface area contributed by atoms with Crippen molar-refractivity contribution in [3.05, 3.63) is 29.3 Å². The fraction of sp³-hybridized carbons (Fsp3) is 0.647. The van der Waals surface area contributed by atoms with Crippen molar-refractivity contribution >= 4 is 0 Å². The molecule has 1 aromatic carbocycles. The molecule has 1 unspecified atom stereocenters. The van der Waals surface area contributed by atoms with Crippen molar-refractivity contribution in [2.75, 3.05) is 13.7 Å². The van der Waals surface area contributed by atoms with Gasteiger partial charge in [-0.3, -0.25) is 0 Å². The van der Waals surface area contributed by atoms with Crippen molar-refractivity contribution in [3.63, 3.8) is 0 Å². The maximum Gasteiger partial charge on any atom is 0.122 e. The van der Waals surface area contributed by atoms with Crippen molar-refractivity contribution in [2.24, 2.45) is 0 Å². The summed E-state index contributed by atoms with van der Waals surface area (Å²) < 4.78 is 11.2. The van der Waals surface area contributed by atoms with Crippen molar-refractivity contribution in [1.82, 2.24) is 0 Å². The SMILES string of the molecule is COC1(C(O)CCc2ccc3c(c2)CCO3)CCCC1. The standard InChI is InChI=1S/C17H24O3/c1-19-17(9-2-3-10-17)16(18)7-5-13-4-6-15-14(12-13)8-11-20-15/h4,6,12,16,18H,2-3,5,7-11H2,1H3. The van der Waals surface area contributed by atoms with Crippen LogP contribution >= 0.6 is 0 Å². The molecule has 2 aliphatic rings. The van der Waals surface area contributed by atoms with E-state index in [9.17, 15) is 5.11 Å². The monoisotopic (exact) mass is 276 g/mol. The van der Waals surface area contributed by atoms with Crippen molar-refractivity contribution in [2.45, 2.75) is 56.7 Å². The Bertz CT molecular complexity index is 463. The summed E-state index contributed by atoms with van der Waals surface area (Å²) in [5, 5.41) is 10.5. The number of fused-ring (bicyclic) bond motifs is 1. The molecule has 3 rings (SSSR count). The molecule has 3 nitrogen and oxygen atoms in total. The van der Waals surface area contributed by atoms with E-state index < -0.39 is 0 Å². The van der Waals surface area contributed by atoms with Gasteiger partial charge in [0.25, 0.3) is 0 Å². The van der Waals surface area contributed by atoms with Crippen LogP contribution in [0.5, 0.6) is 5.75 Å². The molecule has 1 aromatic rings. The first-order chi connectivity index (χ1) is 9.73. The Labute approximate surface area is 120 Å². The zero-order valence-electron chi connectivity index (χ0n) is 12.2. The summed E-state index contributed by atoms with van der Waals surface area (Å²) in [5.74, 6) is 1.03. The Balaban J connectivity index is 1.61. The average Bonchev–Trinajstić information content (AvgIpc) is 3.13. The van der Waals surface area contributed by atoms with Gasteiger partial charge in [0.15, 0.2) is 0 Å². The lowest BCUT2D eigenvalue weighted by atomic mass is 9.90. The zero-order chi connectivity index (χ0) is 14.0. The smallest absolute Gasteiger partial charge is 0.122 e. The highest BCUT2D eigenvalue weighted by Gasteiger charge is 2.40. The molecule has 1 saturated carbocycles. The van der Waals surface area contributed by atoms with Crippen LogP contribution in [0.15, 0.2) is 18.2 Å². The fourth-order valence-electron chi connectivity index (χ4n) is 3.61. The number of hydrogen-bond acceptors (Lipinski definition) is 3. The molecule has 1 aliphatic carbocycles. The van der Waals surface area contributed by atoms with Gasteiger partial charge in [0, 0.05) is 13.5 Å².